The predicted octanol–water partition coefficient (Wildman–Crippen LogP) is 6.03. The standard InChI is InChI=1S/C15H25BrO/c1-5-6-7-8-9-10-11-12(2)13(3)15(17)14(4)16/h10-11,17H,5-9H2,1-4H3/b11-10+,13-12+,15-14-. The molecule has 0 bridgehead atoms. The van der Waals surface area contributed by atoms with Gasteiger partial charge < -0.3 is 5.11 Å². The van der Waals surface area contributed by atoms with Crippen molar-refractivity contribution >= 4 is 15.9 Å². The summed E-state index contributed by atoms with van der Waals surface area (Å²) in [5, 5.41) is 9.78. The minimum Gasteiger partial charge on any atom is -0.507 e. The van der Waals surface area contributed by atoms with Gasteiger partial charge in [0.2, 0.25) is 0 Å². The average molecular weight is 301 g/mol. The van der Waals surface area contributed by atoms with Gasteiger partial charge >= 0.3 is 0 Å². The number of allylic oxidation sites excluding steroid dienone is 5. The first kappa shape index (κ1) is 16.5. The lowest BCUT2D eigenvalue weighted by Crippen LogP contribution is -1.88. The molecule has 2 heteroatoms. The highest BCUT2D eigenvalue weighted by atomic mass is 79.9. The fourth-order valence-corrected chi connectivity index (χ4v) is 1.82. The molecule has 0 aliphatic rings. The van der Waals surface area contributed by atoms with Gasteiger partial charge in [-0.3, -0.25) is 0 Å². The fraction of sp³-hybridized carbons (Fsp3) is 0.600. The lowest BCUT2D eigenvalue weighted by atomic mass is 10.1. The van der Waals surface area contributed by atoms with E-state index in [1.54, 1.807) is 0 Å². The van der Waals surface area contributed by atoms with Gasteiger partial charge in [0.25, 0.3) is 0 Å². The normalized spacial score (nSPS) is 14.9. The van der Waals surface area contributed by atoms with E-state index in [1.165, 1.54) is 25.7 Å². The van der Waals surface area contributed by atoms with Gasteiger partial charge in [-0.1, -0.05) is 54.3 Å². The van der Waals surface area contributed by atoms with Crippen LogP contribution in [0.25, 0.3) is 0 Å². The van der Waals surface area contributed by atoms with Crippen molar-refractivity contribution in [3.8, 4) is 0 Å². The number of halogens is 1. The molecule has 0 aromatic carbocycles. The molecule has 0 atom stereocenters. The molecule has 0 radical (unpaired) electrons. The molecule has 0 aromatic rings. The monoisotopic (exact) mass is 300 g/mol. The number of aliphatic hydroxyl groups is 1. The smallest absolute Gasteiger partial charge is 0.128 e. The Hall–Kier alpha value is -0.500. The van der Waals surface area contributed by atoms with Crippen LogP contribution in [0.15, 0.2) is 33.5 Å². The molecular weight excluding hydrogens is 276 g/mol. The van der Waals surface area contributed by atoms with Gasteiger partial charge in [-0.25, -0.2) is 0 Å². The summed E-state index contributed by atoms with van der Waals surface area (Å²) in [5.74, 6) is 0.345. The van der Waals surface area contributed by atoms with Gasteiger partial charge in [-0.2, -0.15) is 0 Å². The summed E-state index contributed by atoms with van der Waals surface area (Å²) in [7, 11) is 0. The van der Waals surface area contributed by atoms with Crippen LogP contribution in [0.3, 0.4) is 0 Å². The highest BCUT2D eigenvalue weighted by Gasteiger charge is 2.02. The van der Waals surface area contributed by atoms with Crippen LogP contribution in [-0.2, 0) is 0 Å². The van der Waals surface area contributed by atoms with E-state index < -0.39 is 0 Å². The summed E-state index contributed by atoms with van der Waals surface area (Å²) in [5.41, 5.74) is 2.06. The molecule has 0 aliphatic heterocycles. The maximum absolute atomic E-state index is 9.78. The van der Waals surface area contributed by atoms with Crippen LogP contribution in [0.4, 0.5) is 0 Å². The largest absolute Gasteiger partial charge is 0.507 e. The van der Waals surface area contributed by atoms with Crippen molar-refractivity contribution in [1.82, 2.24) is 0 Å². The molecule has 0 rings (SSSR count). The van der Waals surface area contributed by atoms with Gasteiger partial charge in [0.15, 0.2) is 0 Å². The number of aliphatic hydroxyl groups excluding tert-OH is 1. The lowest BCUT2D eigenvalue weighted by Gasteiger charge is -2.04. The van der Waals surface area contributed by atoms with Crippen LogP contribution in [0.2, 0.25) is 0 Å². The molecule has 0 aliphatic carbocycles. The van der Waals surface area contributed by atoms with Crippen molar-refractivity contribution in [2.45, 2.75) is 59.8 Å². The second-order valence-electron chi connectivity index (χ2n) is 4.44. The molecule has 0 saturated heterocycles. The molecule has 0 fully saturated rings. The highest BCUT2D eigenvalue weighted by Crippen LogP contribution is 2.19. The van der Waals surface area contributed by atoms with Crippen molar-refractivity contribution in [2.75, 3.05) is 0 Å². The second kappa shape index (κ2) is 9.52. The van der Waals surface area contributed by atoms with Crippen LogP contribution in [0.5, 0.6) is 0 Å². The van der Waals surface area contributed by atoms with Crippen molar-refractivity contribution in [2.24, 2.45) is 0 Å². The summed E-state index contributed by atoms with van der Waals surface area (Å²) in [4.78, 5) is 0. The highest BCUT2D eigenvalue weighted by molar-refractivity contribution is 9.11. The minimum atomic E-state index is 0.345. The average Bonchev–Trinajstić information content (AvgIpc) is 2.31. The Labute approximate surface area is 114 Å². The molecule has 0 spiro atoms. The molecule has 0 heterocycles. The van der Waals surface area contributed by atoms with Crippen molar-refractivity contribution in [3.63, 3.8) is 0 Å². The van der Waals surface area contributed by atoms with Crippen molar-refractivity contribution < 1.29 is 5.11 Å². The van der Waals surface area contributed by atoms with Gasteiger partial charge in [0, 0.05) is 4.48 Å². The van der Waals surface area contributed by atoms with E-state index in [4.69, 9.17) is 0 Å². The predicted molar refractivity (Wildman–Crippen MR) is 80.5 cm³/mol. The number of unbranched alkanes of at least 4 members (excludes halogenated alkanes) is 4. The van der Waals surface area contributed by atoms with E-state index in [0.29, 0.717) is 5.76 Å². The summed E-state index contributed by atoms with van der Waals surface area (Å²) in [6.07, 6.45) is 10.6. The van der Waals surface area contributed by atoms with Crippen LogP contribution >= 0.6 is 15.9 Å². The Morgan fingerprint density at radius 3 is 2.29 bits per heavy atom. The molecule has 1 N–H and O–H groups in total. The Bertz CT molecular complexity index is 307. The Morgan fingerprint density at radius 2 is 1.76 bits per heavy atom. The molecule has 17 heavy (non-hydrogen) atoms. The Balaban J connectivity index is 4.24. The topological polar surface area (TPSA) is 20.2 Å². The maximum Gasteiger partial charge on any atom is 0.128 e. The zero-order chi connectivity index (χ0) is 13.3. The third kappa shape index (κ3) is 7.43. The van der Waals surface area contributed by atoms with Gasteiger partial charge in [0.05, 0.1) is 0 Å². The van der Waals surface area contributed by atoms with E-state index in [9.17, 15) is 5.11 Å². The molecule has 0 unspecified atom stereocenters. The second-order valence-corrected chi connectivity index (χ2v) is 5.63. The van der Waals surface area contributed by atoms with E-state index in [1.807, 2.05) is 20.8 Å². The molecular formula is C15H25BrO. The summed E-state index contributed by atoms with van der Waals surface area (Å²) >= 11 is 3.29. The van der Waals surface area contributed by atoms with E-state index in [2.05, 4.69) is 35.0 Å². The SMILES string of the molecule is CCCCCC/C=C/C(C)=C(C)/C(O)=C(\C)Br. The molecule has 0 saturated carbocycles. The van der Waals surface area contributed by atoms with E-state index in [0.717, 1.165) is 22.0 Å². The van der Waals surface area contributed by atoms with Crippen LogP contribution in [0, 0.1) is 0 Å². The Morgan fingerprint density at radius 1 is 1.12 bits per heavy atom. The van der Waals surface area contributed by atoms with Gasteiger partial charge in [-0.15, -0.1) is 0 Å². The molecule has 1 nitrogen and oxygen atoms in total. The first-order chi connectivity index (χ1) is 8.00. The van der Waals surface area contributed by atoms with Gasteiger partial charge in [0.1, 0.15) is 5.76 Å². The third-order valence-electron chi connectivity index (χ3n) is 2.87. The van der Waals surface area contributed by atoms with E-state index in [-0.39, 0.29) is 0 Å². The fourth-order valence-electron chi connectivity index (χ4n) is 1.52. The third-order valence-corrected chi connectivity index (χ3v) is 3.24. The van der Waals surface area contributed by atoms with Gasteiger partial charge in [-0.05, 0) is 44.8 Å². The summed E-state index contributed by atoms with van der Waals surface area (Å²) < 4.78 is 0.783. The first-order valence-corrected chi connectivity index (χ1v) is 7.19. The van der Waals surface area contributed by atoms with Crippen LogP contribution < -0.4 is 0 Å². The maximum atomic E-state index is 9.78. The zero-order valence-corrected chi connectivity index (χ0v) is 13.1. The first-order valence-electron chi connectivity index (χ1n) is 6.40. The molecule has 0 aromatic heterocycles. The van der Waals surface area contributed by atoms with Crippen LogP contribution in [-0.4, -0.2) is 5.11 Å². The minimum absolute atomic E-state index is 0.345. The van der Waals surface area contributed by atoms with E-state index >= 15 is 0 Å². The lowest BCUT2D eigenvalue weighted by molar-refractivity contribution is 0.420. The zero-order valence-electron chi connectivity index (χ0n) is 11.5. The summed E-state index contributed by atoms with van der Waals surface area (Å²) in [6.45, 7) is 8.05. The molecule has 98 valence electrons. The number of hydrogen-bond donors (Lipinski definition) is 1. The number of hydrogen-bond acceptors (Lipinski definition) is 1. The quantitative estimate of drug-likeness (QED) is 0.345. The van der Waals surface area contributed by atoms with Crippen LogP contribution in [0.1, 0.15) is 59.8 Å². The Kier molecular flexibility index (Phi) is 9.24. The van der Waals surface area contributed by atoms with Crippen molar-refractivity contribution in [1.29, 1.82) is 0 Å². The molecule has 0 amide bonds. The summed E-state index contributed by atoms with van der Waals surface area (Å²) in [6, 6.07) is 0. The number of rotatable bonds is 7. The van der Waals surface area contributed by atoms with Crippen molar-refractivity contribution in [3.05, 3.63) is 33.5 Å².